The van der Waals surface area contributed by atoms with Gasteiger partial charge in [-0.3, -0.25) is 4.79 Å². The zero-order chi connectivity index (χ0) is 14.2. The molecule has 21 heavy (non-hydrogen) atoms. The maximum absolute atomic E-state index is 12.4. The van der Waals surface area contributed by atoms with Gasteiger partial charge in [-0.25, -0.2) is 0 Å². The molecule has 4 rings (SSSR count). The molecule has 1 aromatic heterocycles. The van der Waals surface area contributed by atoms with Crippen molar-refractivity contribution in [2.45, 2.75) is 19.4 Å². The maximum atomic E-state index is 12.4. The first-order valence-electron chi connectivity index (χ1n) is 7.01. The van der Waals surface area contributed by atoms with Gasteiger partial charge in [0.25, 0.3) is 0 Å². The van der Waals surface area contributed by atoms with Gasteiger partial charge >= 0.3 is 0 Å². The van der Waals surface area contributed by atoms with Crippen LogP contribution in [0.5, 0.6) is 11.5 Å². The second-order valence-corrected chi connectivity index (χ2v) is 6.33. The third-order valence-electron chi connectivity index (χ3n) is 3.97. The second kappa shape index (κ2) is 5.07. The first-order chi connectivity index (χ1) is 10.3. The van der Waals surface area contributed by atoms with E-state index in [1.54, 1.807) is 11.3 Å². The molecular weight excluding hydrogens is 286 g/mol. The lowest BCUT2D eigenvalue weighted by Crippen LogP contribution is -2.36. The molecule has 0 aliphatic carbocycles. The Morgan fingerprint density at radius 2 is 2.05 bits per heavy atom. The summed E-state index contributed by atoms with van der Waals surface area (Å²) in [6, 6.07) is 8.07. The molecule has 2 aliphatic rings. The summed E-state index contributed by atoms with van der Waals surface area (Å²) < 4.78 is 10.8. The molecule has 1 amide bonds. The minimum Gasteiger partial charge on any atom is -0.454 e. The van der Waals surface area contributed by atoms with E-state index in [4.69, 9.17) is 9.47 Å². The number of hydrogen-bond acceptors (Lipinski definition) is 4. The van der Waals surface area contributed by atoms with Crippen LogP contribution in [0.3, 0.4) is 0 Å². The van der Waals surface area contributed by atoms with Crippen molar-refractivity contribution in [3.63, 3.8) is 0 Å². The Bertz CT molecular complexity index is 681. The topological polar surface area (TPSA) is 38.8 Å². The third kappa shape index (κ3) is 2.38. The van der Waals surface area contributed by atoms with Crippen LogP contribution in [0.1, 0.15) is 16.0 Å². The average Bonchev–Trinajstić information content (AvgIpc) is 3.15. The molecule has 5 heteroatoms. The van der Waals surface area contributed by atoms with Gasteiger partial charge in [-0.15, -0.1) is 11.3 Å². The van der Waals surface area contributed by atoms with Crippen LogP contribution < -0.4 is 9.47 Å². The van der Waals surface area contributed by atoms with Crippen molar-refractivity contribution in [3.05, 3.63) is 45.6 Å². The average molecular weight is 301 g/mol. The van der Waals surface area contributed by atoms with E-state index in [1.807, 2.05) is 28.5 Å². The van der Waals surface area contributed by atoms with Crippen molar-refractivity contribution in [3.8, 4) is 11.5 Å². The second-order valence-electron chi connectivity index (χ2n) is 5.30. The molecule has 2 aliphatic heterocycles. The first kappa shape index (κ1) is 12.7. The van der Waals surface area contributed by atoms with Crippen LogP contribution in [0, 0.1) is 0 Å². The van der Waals surface area contributed by atoms with Crippen molar-refractivity contribution in [2.24, 2.45) is 0 Å². The minimum atomic E-state index is 0.195. The van der Waals surface area contributed by atoms with E-state index < -0.39 is 0 Å². The molecule has 0 atom stereocenters. The van der Waals surface area contributed by atoms with Crippen LogP contribution in [0.2, 0.25) is 0 Å². The smallest absolute Gasteiger partial charge is 0.231 e. The summed E-state index contributed by atoms with van der Waals surface area (Å²) in [5.41, 5.74) is 2.43. The first-order valence-corrected chi connectivity index (χ1v) is 7.89. The minimum absolute atomic E-state index is 0.195. The van der Waals surface area contributed by atoms with Gasteiger partial charge in [0.1, 0.15) is 0 Å². The lowest BCUT2D eigenvalue weighted by Gasteiger charge is -2.29. The van der Waals surface area contributed by atoms with Gasteiger partial charge in [0.15, 0.2) is 11.5 Å². The number of nitrogens with zero attached hydrogens (tertiary/aromatic N) is 1. The van der Waals surface area contributed by atoms with Crippen molar-refractivity contribution < 1.29 is 14.3 Å². The molecular formula is C16H15NO3S. The van der Waals surface area contributed by atoms with Gasteiger partial charge in [-0.2, -0.15) is 0 Å². The molecule has 0 spiro atoms. The fourth-order valence-electron chi connectivity index (χ4n) is 2.83. The summed E-state index contributed by atoms with van der Waals surface area (Å²) in [6.45, 7) is 1.73. The molecule has 4 nitrogen and oxygen atoms in total. The lowest BCUT2D eigenvalue weighted by molar-refractivity contribution is -0.131. The summed E-state index contributed by atoms with van der Waals surface area (Å²) in [4.78, 5) is 15.4. The molecule has 0 N–H and O–H groups in total. The Kier molecular flexibility index (Phi) is 3.07. The molecule has 0 bridgehead atoms. The predicted octanol–water partition coefficient (Wildman–Crippen LogP) is 2.60. The van der Waals surface area contributed by atoms with Gasteiger partial charge in [0, 0.05) is 18.0 Å². The SMILES string of the molecule is O=C(Cc1cccs1)N1CCc2cc3c(cc2C1)OCO3. The molecule has 0 fully saturated rings. The Labute approximate surface area is 126 Å². The number of ether oxygens (including phenoxy) is 2. The number of thiophene rings is 1. The highest BCUT2D eigenvalue weighted by Gasteiger charge is 2.24. The maximum Gasteiger partial charge on any atom is 0.231 e. The van der Waals surface area contributed by atoms with Gasteiger partial charge in [0.2, 0.25) is 12.7 Å². The fourth-order valence-corrected chi connectivity index (χ4v) is 3.53. The van der Waals surface area contributed by atoms with Crippen LogP contribution in [0.4, 0.5) is 0 Å². The molecule has 108 valence electrons. The van der Waals surface area contributed by atoms with Crippen molar-refractivity contribution in [1.82, 2.24) is 4.90 Å². The highest BCUT2D eigenvalue weighted by atomic mass is 32.1. The lowest BCUT2D eigenvalue weighted by atomic mass is 9.98. The van der Waals surface area contributed by atoms with Gasteiger partial charge < -0.3 is 14.4 Å². The number of benzene rings is 1. The van der Waals surface area contributed by atoms with E-state index >= 15 is 0 Å². The van der Waals surface area contributed by atoms with Gasteiger partial charge in [0.05, 0.1) is 6.42 Å². The molecule has 0 unspecified atom stereocenters. The van der Waals surface area contributed by atoms with Crippen molar-refractivity contribution >= 4 is 17.2 Å². The standard InChI is InChI=1S/C16H15NO3S/c18-16(8-13-2-1-5-21-13)17-4-3-11-6-14-15(20-10-19-14)7-12(11)9-17/h1-2,5-7H,3-4,8-10H2. The van der Waals surface area contributed by atoms with E-state index in [9.17, 15) is 4.79 Å². The highest BCUT2D eigenvalue weighted by molar-refractivity contribution is 7.10. The number of fused-ring (bicyclic) bond motifs is 2. The Balaban J connectivity index is 1.52. The predicted molar refractivity (Wildman–Crippen MR) is 79.7 cm³/mol. The Morgan fingerprint density at radius 1 is 1.24 bits per heavy atom. The quantitative estimate of drug-likeness (QED) is 0.856. The zero-order valence-corrected chi connectivity index (χ0v) is 12.3. The Morgan fingerprint density at radius 3 is 2.81 bits per heavy atom. The van der Waals surface area contributed by atoms with Crippen LogP contribution >= 0.6 is 11.3 Å². The summed E-state index contributed by atoms with van der Waals surface area (Å²) in [6.07, 6.45) is 1.37. The molecule has 1 aromatic carbocycles. The summed E-state index contributed by atoms with van der Waals surface area (Å²) >= 11 is 1.63. The van der Waals surface area contributed by atoms with Gasteiger partial charge in [-0.1, -0.05) is 6.07 Å². The fraction of sp³-hybridized carbons (Fsp3) is 0.312. The van der Waals surface area contributed by atoms with Crippen molar-refractivity contribution in [2.75, 3.05) is 13.3 Å². The van der Waals surface area contributed by atoms with E-state index in [2.05, 4.69) is 6.07 Å². The summed E-state index contributed by atoms with van der Waals surface area (Å²) in [5.74, 6) is 1.81. The third-order valence-corrected chi connectivity index (χ3v) is 4.84. The highest BCUT2D eigenvalue weighted by Crippen LogP contribution is 2.36. The van der Waals surface area contributed by atoms with E-state index in [0.29, 0.717) is 19.8 Å². The van der Waals surface area contributed by atoms with E-state index in [-0.39, 0.29) is 5.91 Å². The monoisotopic (exact) mass is 301 g/mol. The molecule has 0 radical (unpaired) electrons. The van der Waals surface area contributed by atoms with Gasteiger partial charge in [-0.05, 0) is 41.1 Å². The number of rotatable bonds is 2. The van der Waals surface area contributed by atoms with Crippen LogP contribution in [-0.4, -0.2) is 24.1 Å². The number of amides is 1. The summed E-state index contributed by atoms with van der Waals surface area (Å²) in [7, 11) is 0. The van der Waals surface area contributed by atoms with Crippen molar-refractivity contribution in [1.29, 1.82) is 0 Å². The number of hydrogen-bond donors (Lipinski definition) is 0. The summed E-state index contributed by atoms with van der Waals surface area (Å²) in [5, 5.41) is 2.01. The molecule has 3 heterocycles. The normalized spacial score (nSPS) is 15.9. The molecule has 2 aromatic rings. The molecule has 0 saturated heterocycles. The van der Waals surface area contributed by atoms with Crippen LogP contribution in [0.25, 0.3) is 0 Å². The van der Waals surface area contributed by atoms with Crippen LogP contribution in [-0.2, 0) is 24.2 Å². The Hall–Kier alpha value is -2.01. The number of carbonyl (C=O) groups is 1. The van der Waals surface area contributed by atoms with E-state index in [0.717, 1.165) is 29.3 Å². The largest absolute Gasteiger partial charge is 0.454 e. The molecule has 0 saturated carbocycles. The van der Waals surface area contributed by atoms with Crippen LogP contribution in [0.15, 0.2) is 29.6 Å². The van der Waals surface area contributed by atoms with E-state index in [1.165, 1.54) is 11.1 Å². The number of carbonyl (C=O) groups excluding carboxylic acids is 1. The zero-order valence-electron chi connectivity index (χ0n) is 11.5.